The zero-order chi connectivity index (χ0) is 9.19. The van der Waals surface area contributed by atoms with Crippen LogP contribution in [0.1, 0.15) is 26.3 Å². The van der Waals surface area contributed by atoms with Gasteiger partial charge in [-0.1, -0.05) is 20.8 Å². The van der Waals surface area contributed by atoms with Gasteiger partial charge in [0.2, 0.25) is 0 Å². The lowest BCUT2D eigenvalue weighted by molar-refractivity contribution is -0.605. The molecule has 1 aromatic rings. The van der Waals surface area contributed by atoms with Crippen molar-refractivity contribution in [2.24, 2.45) is 5.41 Å². The van der Waals surface area contributed by atoms with E-state index in [9.17, 15) is 5.21 Å². The van der Waals surface area contributed by atoms with Gasteiger partial charge < -0.3 is 5.21 Å². The zero-order valence-corrected chi connectivity index (χ0v) is 7.87. The van der Waals surface area contributed by atoms with Crippen molar-refractivity contribution >= 4 is 0 Å². The van der Waals surface area contributed by atoms with E-state index < -0.39 is 0 Å². The first-order valence-corrected chi connectivity index (χ1v) is 4.15. The summed E-state index contributed by atoms with van der Waals surface area (Å²) >= 11 is 0. The molecule has 2 nitrogen and oxygen atoms in total. The molecule has 0 atom stereocenters. The average Bonchev–Trinajstić information content (AvgIpc) is 1.91. The minimum atomic E-state index is 0.287. The summed E-state index contributed by atoms with van der Waals surface area (Å²) in [5, 5.41) is 10.7. The zero-order valence-electron chi connectivity index (χ0n) is 7.87. The summed E-state index contributed by atoms with van der Waals surface area (Å²) in [5.74, 6) is 0. The molecular weight excluding hydrogens is 150 g/mol. The predicted molar refractivity (Wildman–Crippen MR) is 48.6 cm³/mol. The fourth-order valence-corrected chi connectivity index (χ4v) is 1.17. The Morgan fingerprint density at radius 3 is 2.17 bits per heavy atom. The van der Waals surface area contributed by atoms with E-state index in [0.717, 1.165) is 11.2 Å². The fraction of sp³-hybridized carbons (Fsp3) is 0.500. The van der Waals surface area contributed by atoms with Crippen LogP contribution in [-0.4, -0.2) is 0 Å². The molecule has 1 heterocycles. The summed E-state index contributed by atoms with van der Waals surface area (Å²) in [6.45, 7) is 6.56. The fourth-order valence-electron chi connectivity index (χ4n) is 1.17. The molecule has 0 aliphatic heterocycles. The molecule has 0 radical (unpaired) electrons. The van der Waals surface area contributed by atoms with Crippen LogP contribution in [0.3, 0.4) is 0 Å². The molecule has 66 valence electrons. The van der Waals surface area contributed by atoms with Crippen LogP contribution in [0.2, 0.25) is 0 Å². The molecule has 0 aliphatic rings. The molecule has 0 saturated carbocycles. The van der Waals surface area contributed by atoms with Crippen molar-refractivity contribution in [1.29, 1.82) is 0 Å². The van der Waals surface area contributed by atoms with E-state index in [-0.39, 0.29) is 5.41 Å². The Morgan fingerprint density at radius 2 is 1.75 bits per heavy atom. The standard InChI is InChI=1S/C10H15NO/c1-10(2,3)8-9-4-6-11(12)7-5-9/h4-7H,8H2,1-3H3. The summed E-state index contributed by atoms with van der Waals surface area (Å²) in [6, 6.07) is 3.75. The van der Waals surface area contributed by atoms with Gasteiger partial charge >= 0.3 is 0 Å². The molecule has 2 heteroatoms. The number of nitrogens with zero attached hydrogens (tertiary/aromatic N) is 1. The molecule has 0 amide bonds. The van der Waals surface area contributed by atoms with Crippen LogP contribution >= 0.6 is 0 Å². The van der Waals surface area contributed by atoms with Crippen LogP contribution in [0.4, 0.5) is 0 Å². The molecule has 0 bridgehead atoms. The van der Waals surface area contributed by atoms with Crippen LogP contribution in [0.25, 0.3) is 0 Å². The second-order valence-corrected chi connectivity index (χ2v) is 4.30. The Kier molecular flexibility index (Phi) is 2.36. The number of rotatable bonds is 1. The molecule has 12 heavy (non-hydrogen) atoms. The van der Waals surface area contributed by atoms with Crippen molar-refractivity contribution < 1.29 is 4.73 Å². The van der Waals surface area contributed by atoms with E-state index >= 15 is 0 Å². The van der Waals surface area contributed by atoms with Crippen molar-refractivity contribution in [3.8, 4) is 0 Å². The van der Waals surface area contributed by atoms with Gasteiger partial charge in [-0.3, -0.25) is 0 Å². The Balaban J connectivity index is 2.71. The SMILES string of the molecule is CC(C)(C)Cc1cc[n+]([O-])cc1. The van der Waals surface area contributed by atoms with Gasteiger partial charge in [0.1, 0.15) is 0 Å². The normalized spacial score (nSPS) is 11.6. The highest BCUT2D eigenvalue weighted by Crippen LogP contribution is 2.19. The van der Waals surface area contributed by atoms with Crippen LogP contribution < -0.4 is 4.73 Å². The average molecular weight is 165 g/mol. The first-order valence-electron chi connectivity index (χ1n) is 4.15. The number of aromatic nitrogens is 1. The van der Waals surface area contributed by atoms with Gasteiger partial charge in [-0.2, -0.15) is 4.73 Å². The molecule has 1 aromatic heterocycles. The summed E-state index contributed by atoms with van der Waals surface area (Å²) in [7, 11) is 0. The Labute approximate surface area is 73.4 Å². The summed E-state index contributed by atoms with van der Waals surface area (Å²) in [5.41, 5.74) is 1.50. The van der Waals surface area contributed by atoms with E-state index in [0.29, 0.717) is 0 Å². The molecular formula is C10H15NO. The molecule has 0 N–H and O–H groups in total. The van der Waals surface area contributed by atoms with Crippen LogP contribution in [0.5, 0.6) is 0 Å². The van der Waals surface area contributed by atoms with E-state index in [1.807, 2.05) is 12.1 Å². The first-order chi connectivity index (χ1) is 5.47. The van der Waals surface area contributed by atoms with E-state index in [1.54, 1.807) is 12.4 Å². The number of hydrogen-bond acceptors (Lipinski definition) is 1. The van der Waals surface area contributed by atoms with Crippen molar-refractivity contribution in [1.82, 2.24) is 0 Å². The van der Waals surface area contributed by atoms with Crippen LogP contribution in [0, 0.1) is 10.6 Å². The van der Waals surface area contributed by atoms with Gasteiger partial charge in [0.25, 0.3) is 0 Å². The number of hydrogen-bond donors (Lipinski definition) is 0. The van der Waals surface area contributed by atoms with E-state index in [2.05, 4.69) is 20.8 Å². The molecule has 0 aliphatic carbocycles. The molecule has 0 unspecified atom stereocenters. The highest BCUT2D eigenvalue weighted by molar-refractivity contribution is 5.09. The van der Waals surface area contributed by atoms with Crippen molar-refractivity contribution in [3.63, 3.8) is 0 Å². The monoisotopic (exact) mass is 165 g/mol. The second-order valence-electron chi connectivity index (χ2n) is 4.30. The molecule has 0 saturated heterocycles. The summed E-state index contributed by atoms with van der Waals surface area (Å²) in [6.07, 6.45) is 4.09. The van der Waals surface area contributed by atoms with Gasteiger partial charge in [-0.05, 0) is 17.4 Å². The lowest BCUT2D eigenvalue weighted by Gasteiger charge is -2.17. The van der Waals surface area contributed by atoms with Gasteiger partial charge in [-0.15, -0.1) is 0 Å². The second kappa shape index (κ2) is 3.13. The van der Waals surface area contributed by atoms with Crippen molar-refractivity contribution in [2.75, 3.05) is 0 Å². The third-order valence-electron chi connectivity index (χ3n) is 1.61. The van der Waals surface area contributed by atoms with Gasteiger partial charge in [0.05, 0.1) is 0 Å². The Hall–Kier alpha value is -1.05. The summed E-state index contributed by atoms with van der Waals surface area (Å²) in [4.78, 5) is 0. The highest BCUT2D eigenvalue weighted by atomic mass is 16.5. The minimum absolute atomic E-state index is 0.287. The summed E-state index contributed by atoms with van der Waals surface area (Å²) < 4.78 is 0.812. The maximum absolute atomic E-state index is 10.7. The highest BCUT2D eigenvalue weighted by Gasteiger charge is 2.11. The molecule has 0 fully saturated rings. The third kappa shape index (κ3) is 2.91. The van der Waals surface area contributed by atoms with E-state index in [1.165, 1.54) is 5.56 Å². The predicted octanol–water partition coefficient (Wildman–Crippen LogP) is 1.91. The minimum Gasteiger partial charge on any atom is -0.619 e. The first kappa shape index (κ1) is 9.04. The quantitative estimate of drug-likeness (QED) is 0.461. The smallest absolute Gasteiger partial charge is 0.180 e. The molecule has 0 aromatic carbocycles. The molecule has 0 spiro atoms. The Bertz CT molecular complexity index is 246. The maximum Gasteiger partial charge on any atom is 0.180 e. The largest absolute Gasteiger partial charge is 0.619 e. The van der Waals surface area contributed by atoms with Crippen LogP contribution in [-0.2, 0) is 6.42 Å². The molecule has 1 rings (SSSR count). The van der Waals surface area contributed by atoms with E-state index in [4.69, 9.17) is 0 Å². The topological polar surface area (TPSA) is 26.9 Å². The van der Waals surface area contributed by atoms with Gasteiger partial charge in [0, 0.05) is 12.1 Å². The lowest BCUT2D eigenvalue weighted by Crippen LogP contribution is -2.24. The Morgan fingerprint density at radius 1 is 1.25 bits per heavy atom. The maximum atomic E-state index is 10.7. The third-order valence-corrected chi connectivity index (χ3v) is 1.61. The van der Waals surface area contributed by atoms with Crippen molar-refractivity contribution in [3.05, 3.63) is 35.3 Å². The number of pyridine rings is 1. The van der Waals surface area contributed by atoms with Crippen molar-refractivity contribution in [2.45, 2.75) is 27.2 Å². The van der Waals surface area contributed by atoms with Crippen LogP contribution in [0.15, 0.2) is 24.5 Å². The van der Waals surface area contributed by atoms with Gasteiger partial charge in [0.15, 0.2) is 12.4 Å². The van der Waals surface area contributed by atoms with Gasteiger partial charge in [-0.25, -0.2) is 0 Å². The lowest BCUT2D eigenvalue weighted by atomic mass is 9.89.